The van der Waals surface area contributed by atoms with Crippen LogP contribution >= 0.6 is 11.6 Å². The van der Waals surface area contributed by atoms with E-state index in [-0.39, 0.29) is 11.8 Å². The number of hydrogen-bond acceptors (Lipinski definition) is 5. The van der Waals surface area contributed by atoms with Gasteiger partial charge in [-0.05, 0) is 67.5 Å². The summed E-state index contributed by atoms with van der Waals surface area (Å²) in [5.41, 5.74) is 1.89. The summed E-state index contributed by atoms with van der Waals surface area (Å²) >= 11 is 6.48. The lowest BCUT2D eigenvalue weighted by atomic mass is 9.54. The fraction of sp³-hybridized carbons (Fsp3) is 0.520. The molecule has 5 nitrogen and oxygen atoms in total. The molecule has 0 aromatic heterocycles. The van der Waals surface area contributed by atoms with E-state index in [0.717, 1.165) is 28.9 Å². The lowest BCUT2D eigenvalue weighted by molar-refractivity contribution is -0.336. The third kappa shape index (κ3) is 3.87. The number of benzene rings is 2. The Morgan fingerprint density at radius 2 is 1.87 bits per heavy atom. The molecule has 1 aliphatic heterocycles. The van der Waals surface area contributed by atoms with Gasteiger partial charge in [-0.1, -0.05) is 42.8 Å². The molecule has 2 aromatic carbocycles. The Hall–Kier alpha value is -1.63. The Labute approximate surface area is 188 Å². The molecule has 2 aliphatic rings. The van der Waals surface area contributed by atoms with Gasteiger partial charge >= 0.3 is 0 Å². The van der Waals surface area contributed by atoms with E-state index in [1.165, 1.54) is 0 Å². The highest BCUT2D eigenvalue weighted by molar-refractivity contribution is 6.31. The Morgan fingerprint density at radius 3 is 2.48 bits per heavy atom. The van der Waals surface area contributed by atoms with Crippen molar-refractivity contribution in [2.75, 3.05) is 6.61 Å². The number of aliphatic hydroxyl groups is 3. The van der Waals surface area contributed by atoms with Gasteiger partial charge in [0.15, 0.2) is 0 Å². The third-order valence-electron chi connectivity index (χ3n) is 7.04. The monoisotopic (exact) mass is 446 g/mol. The van der Waals surface area contributed by atoms with Crippen molar-refractivity contribution in [1.82, 2.24) is 0 Å². The minimum Gasteiger partial charge on any atom is -0.494 e. The zero-order valence-corrected chi connectivity index (χ0v) is 18.9. The van der Waals surface area contributed by atoms with Crippen LogP contribution in [0, 0.1) is 11.8 Å². The predicted molar refractivity (Wildman–Crippen MR) is 119 cm³/mol. The summed E-state index contributed by atoms with van der Waals surface area (Å²) in [6, 6.07) is 13.4. The van der Waals surface area contributed by atoms with E-state index >= 15 is 0 Å². The minimum atomic E-state index is -1.07. The maximum Gasteiger partial charge on any atom is 0.119 e. The molecule has 6 heteroatoms. The summed E-state index contributed by atoms with van der Waals surface area (Å²) in [6.07, 6.45) is -2.16. The van der Waals surface area contributed by atoms with E-state index in [1.807, 2.05) is 50.2 Å². The molecule has 1 heterocycles. The smallest absolute Gasteiger partial charge is 0.119 e. The minimum absolute atomic E-state index is 0.0952. The van der Waals surface area contributed by atoms with Crippen molar-refractivity contribution in [3.8, 4) is 5.75 Å². The largest absolute Gasteiger partial charge is 0.494 e. The lowest BCUT2D eigenvalue weighted by Crippen LogP contribution is -2.71. The van der Waals surface area contributed by atoms with Gasteiger partial charge < -0.3 is 24.8 Å². The van der Waals surface area contributed by atoms with Crippen molar-refractivity contribution in [2.45, 2.75) is 63.6 Å². The van der Waals surface area contributed by atoms with Crippen LogP contribution in [0.2, 0.25) is 5.02 Å². The zero-order chi connectivity index (χ0) is 22.3. The van der Waals surface area contributed by atoms with Crippen molar-refractivity contribution in [3.05, 3.63) is 64.2 Å². The zero-order valence-electron chi connectivity index (χ0n) is 18.2. The van der Waals surface area contributed by atoms with E-state index in [2.05, 4.69) is 0 Å². The highest BCUT2D eigenvalue weighted by Gasteiger charge is 2.65. The topological polar surface area (TPSA) is 79.2 Å². The molecule has 0 amide bonds. The molecule has 1 saturated heterocycles. The molecule has 7 unspecified atom stereocenters. The number of fused-ring (bicyclic) bond motifs is 1. The maximum atomic E-state index is 10.8. The Balaban J connectivity index is 1.61. The second-order valence-electron chi connectivity index (χ2n) is 8.90. The van der Waals surface area contributed by atoms with Crippen LogP contribution in [-0.4, -0.2) is 45.8 Å². The van der Waals surface area contributed by atoms with Crippen LogP contribution in [-0.2, 0) is 11.2 Å². The summed E-state index contributed by atoms with van der Waals surface area (Å²) in [5, 5.41) is 32.7. The number of aliphatic hydroxyl groups excluding tert-OH is 3. The van der Waals surface area contributed by atoms with E-state index in [0.29, 0.717) is 18.1 Å². The van der Waals surface area contributed by atoms with E-state index in [1.54, 1.807) is 13.0 Å². The normalized spacial score (nSPS) is 33.3. The van der Waals surface area contributed by atoms with Gasteiger partial charge in [0.2, 0.25) is 0 Å². The number of ether oxygens (including phenoxy) is 2. The second-order valence-corrected chi connectivity index (χ2v) is 9.30. The Morgan fingerprint density at radius 1 is 1.16 bits per heavy atom. The van der Waals surface area contributed by atoms with E-state index in [9.17, 15) is 15.3 Å². The maximum absolute atomic E-state index is 10.8. The van der Waals surface area contributed by atoms with Crippen LogP contribution in [0.3, 0.4) is 0 Å². The van der Waals surface area contributed by atoms with Gasteiger partial charge in [0.05, 0.1) is 18.8 Å². The molecule has 2 aromatic rings. The summed E-state index contributed by atoms with van der Waals surface area (Å²) in [4.78, 5) is 0. The number of rotatable bonds is 6. The van der Waals surface area contributed by atoms with Crippen molar-refractivity contribution in [1.29, 1.82) is 0 Å². The van der Waals surface area contributed by atoms with Crippen molar-refractivity contribution >= 4 is 11.6 Å². The lowest BCUT2D eigenvalue weighted by Gasteiger charge is -2.62. The molecule has 1 saturated carbocycles. The van der Waals surface area contributed by atoms with Gasteiger partial charge in [0.1, 0.15) is 23.6 Å². The van der Waals surface area contributed by atoms with Crippen LogP contribution in [0.5, 0.6) is 5.75 Å². The molecule has 2 fully saturated rings. The Kier molecular flexibility index (Phi) is 6.35. The molecule has 0 bridgehead atoms. The van der Waals surface area contributed by atoms with Crippen molar-refractivity contribution < 1.29 is 24.8 Å². The fourth-order valence-corrected chi connectivity index (χ4v) is 5.54. The Bertz CT molecular complexity index is 908. The van der Waals surface area contributed by atoms with E-state index < -0.39 is 30.0 Å². The molecule has 0 radical (unpaired) electrons. The fourth-order valence-electron chi connectivity index (χ4n) is 5.35. The standard InChI is InChI=1S/C25H31ClO5/c1-4-30-19-8-5-16(6-9-19)12-18-13-17(7-10-21(18)26)24-23(29)22(28)20-11-14(2)25(20,31-24)15(3)27/h5-10,13-15,20,22-24,27-29H,4,11-12H2,1-3H3. The SMILES string of the molecule is CCOc1ccc(Cc2cc(C3OC4(C(C)O)C(C)CC4C(O)C3O)ccc2Cl)cc1. The first-order chi connectivity index (χ1) is 14.8. The summed E-state index contributed by atoms with van der Waals surface area (Å²) in [7, 11) is 0. The average molecular weight is 447 g/mol. The molecule has 0 spiro atoms. The summed E-state index contributed by atoms with van der Waals surface area (Å²) in [5.74, 6) is 0.647. The first-order valence-electron chi connectivity index (χ1n) is 11.0. The highest BCUT2D eigenvalue weighted by atomic mass is 35.5. The summed E-state index contributed by atoms with van der Waals surface area (Å²) in [6.45, 7) is 6.29. The third-order valence-corrected chi connectivity index (χ3v) is 7.41. The van der Waals surface area contributed by atoms with Crippen LogP contribution in [0.25, 0.3) is 0 Å². The summed E-state index contributed by atoms with van der Waals surface area (Å²) < 4.78 is 11.9. The van der Waals surface area contributed by atoms with E-state index in [4.69, 9.17) is 21.1 Å². The molecular weight excluding hydrogens is 416 g/mol. The molecule has 3 N–H and O–H groups in total. The molecule has 4 rings (SSSR count). The van der Waals surface area contributed by atoms with Crippen LogP contribution < -0.4 is 4.74 Å². The second kappa shape index (κ2) is 8.72. The molecule has 7 atom stereocenters. The van der Waals surface area contributed by atoms with Crippen LogP contribution in [0.15, 0.2) is 42.5 Å². The first kappa shape index (κ1) is 22.6. The van der Waals surface area contributed by atoms with Gasteiger partial charge in [0.25, 0.3) is 0 Å². The molecule has 168 valence electrons. The number of halogens is 1. The predicted octanol–water partition coefficient (Wildman–Crippen LogP) is 3.90. The average Bonchev–Trinajstić information content (AvgIpc) is 2.74. The van der Waals surface area contributed by atoms with Gasteiger partial charge in [-0.15, -0.1) is 0 Å². The van der Waals surface area contributed by atoms with Crippen molar-refractivity contribution in [3.63, 3.8) is 0 Å². The molecule has 31 heavy (non-hydrogen) atoms. The van der Waals surface area contributed by atoms with Crippen molar-refractivity contribution in [2.24, 2.45) is 11.8 Å². The first-order valence-corrected chi connectivity index (χ1v) is 11.4. The van der Waals surface area contributed by atoms with Gasteiger partial charge in [0, 0.05) is 10.9 Å². The molecular formula is C25H31ClO5. The van der Waals surface area contributed by atoms with Crippen LogP contribution in [0.1, 0.15) is 50.0 Å². The number of hydrogen-bond donors (Lipinski definition) is 3. The van der Waals surface area contributed by atoms with Crippen LogP contribution in [0.4, 0.5) is 0 Å². The highest BCUT2D eigenvalue weighted by Crippen LogP contribution is 2.57. The van der Waals surface area contributed by atoms with Gasteiger partial charge in [-0.25, -0.2) is 0 Å². The van der Waals surface area contributed by atoms with Gasteiger partial charge in [-0.3, -0.25) is 0 Å². The molecule has 1 aliphatic carbocycles. The van der Waals surface area contributed by atoms with Gasteiger partial charge in [-0.2, -0.15) is 0 Å². The quantitative estimate of drug-likeness (QED) is 0.627.